The Kier molecular flexibility index (Phi) is 4.83. The lowest BCUT2D eigenvalue weighted by molar-refractivity contribution is -0.126. The standard InChI is InChI=1S/C16H28O2/c1-13(2)15(17)7-6-14-8-11-18-16(12-14)9-4-3-5-10-16/h13-14H,3-12H2,1-2H3. The molecule has 2 fully saturated rings. The van der Waals surface area contributed by atoms with E-state index in [-0.39, 0.29) is 11.5 Å². The molecule has 18 heavy (non-hydrogen) atoms. The van der Waals surface area contributed by atoms with E-state index in [0.29, 0.717) is 5.78 Å². The molecule has 104 valence electrons. The van der Waals surface area contributed by atoms with Gasteiger partial charge in [0.1, 0.15) is 5.78 Å². The van der Waals surface area contributed by atoms with Gasteiger partial charge >= 0.3 is 0 Å². The summed E-state index contributed by atoms with van der Waals surface area (Å²) >= 11 is 0. The number of carbonyl (C=O) groups is 1. The molecule has 2 heteroatoms. The molecule has 1 saturated carbocycles. The zero-order chi connectivity index (χ0) is 13.0. The highest BCUT2D eigenvalue weighted by atomic mass is 16.5. The van der Waals surface area contributed by atoms with Gasteiger partial charge in [0.15, 0.2) is 0 Å². The fraction of sp³-hybridized carbons (Fsp3) is 0.938. The van der Waals surface area contributed by atoms with Crippen LogP contribution in [-0.4, -0.2) is 18.0 Å². The van der Waals surface area contributed by atoms with Crippen LogP contribution in [0.4, 0.5) is 0 Å². The van der Waals surface area contributed by atoms with E-state index in [0.717, 1.165) is 31.8 Å². The van der Waals surface area contributed by atoms with Gasteiger partial charge in [0.2, 0.25) is 0 Å². The first-order valence-electron chi connectivity index (χ1n) is 7.78. The Morgan fingerprint density at radius 2 is 2.00 bits per heavy atom. The molecule has 0 aromatic rings. The number of rotatable bonds is 4. The predicted octanol–water partition coefficient (Wildman–Crippen LogP) is 4.12. The fourth-order valence-corrected chi connectivity index (χ4v) is 3.56. The Balaban J connectivity index is 1.81. The van der Waals surface area contributed by atoms with Gasteiger partial charge in [-0.3, -0.25) is 4.79 Å². The van der Waals surface area contributed by atoms with Crippen molar-refractivity contribution < 1.29 is 9.53 Å². The van der Waals surface area contributed by atoms with Crippen molar-refractivity contribution in [3.05, 3.63) is 0 Å². The Hall–Kier alpha value is -0.370. The maximum absolute atomic E-state index is 11.7. The quantitative estimate of drug-likeness (QED) is 0.752. The van der Waals surface area contributed by atoms with Gasteiger partial charge in [-0.05, 0) is 38.0 Å². The smallest absolute Gasteiger partial charge is 0.135 e. The summed E-state index contributed by atoms with van der Waals surface area (Å²) in [4.78, 5) is 11.7. The molecule has 0 N–H and O–H groups in total. The molecule has 2 nitrogen and oxygen atoms in total. The second-order valence-electron chi connectivity index (χ2n) is 6.61. The highest BCUT2D eigenvalue weighted by Gasteiger charge is 2.38. The van der Waals surface area contributed by atoms with Crippen LogP contribution in [0.25, 0.3) is 0 Å². The Morgan fingerprint density at radius 1 is 1.28 bits per heavy atom. The van der Waals surface area contributed by atoms with Crippen LogP contribution in [0.3, 0.4) is 0 Å². The molecule has 1 saturated heterocycles. The van der Waals surface area contributed by atoms with Crippen molar-refractivity contribution >= 4 is 5.78 Å². The summed E-state index contributed by atoms with van der Waals surface area (Å²) in [6.45, 7) is 4.93. The predicted molar refractivity (Wildman–Crippen MR) is 73.6 cm³/mol. The Bertz CT molecular complexity index is 271. The molecule has 0 bridgehead atoms. The molecule has 1 spiro atoms. The highest BCUT2D eigenvalue weighted by Crippen LogP contribution is 2.41. The number of ketones is 1. The fourth-order valence-electron chi connectivity index (χ4n) is 3.56. The molecule has 0 radical (unpaired) electrons. The van der Waals surface area contributed by atoms with Crippen molar-refractivity contribution in [1.29, 1.82) is 0 Å². The van der Waals surface area contributed by atoms with Gasteiger partial charge in [-0.1, -0.05) is 33.1 Å². The summed E-state index contributed by atoms with van der Waals surface area (Å²) in [5.41, 5.74) is 0.196. The van der Waals surface area contributed by atoms with Gasteiger partial charge in [-0.15, -0.1) is 0 Å². The highest BCUT2D eigenvalue weighted by molar-refractivity contribution is 5.80. The van der Waals surface area contributed by atoms with Crippen LogP contribution in [0, 0.1) is 11.8 Å². The first-order valence-corrected chi connectivity index (χ1v) is 7.78. The van der Waals surface area contributed by atoms with E-state index >= 15 is 0 Å². The van der Waals surface area contributed by atoms with Crippen molar-refractivity contribution in [3.8, 4) is 0 Å². The molecule has 0 aromatic heterocycles. The minimum absolute atomic E-state index is 0.196. The summed E-state index contributed by atoms with van der Waals surface area (Å²) in [5, 5.41) is 0. The van der Waals surface area contributed by atoms with Crippen molar-refractivity contribution in [2.24, 2.45) is 11.8 Å². The van der Waals surface area contributed by atoms with Gasteiger partial charge in [-0.2, -0.15) is 0 Å². The van der Waals surface area contributed by atoms with Gasteiger partial charge in [0.25, 0.3) is 0 Å². The molecular weight excluding hydrogens is 224 g/mol. The molecule has 1 aliphatic carbocycles. The molecule has 0 aromatic carbocycles. The first-order chi connectivity index (χ1) is 8.61. The SMILES string of the molecule is CC(C)C(=O)CCC1CCOC2(CCCCC2)C1. The Labute approximate surface area is 111 Å². The summed E-state index contributed by atoms with van der Waals surface area (Å²) in [5.74, 6) is 1.35. The van der Waals surface area contributed by atoms with E-state index in [1.54, 1.807) is 0 Å². The minimum atomic E-state index is 0.196. The van der Waals surface area contributed by atoms with Crippen LogP contribution >= 0.6 is 0 Å². The number of Topliss-reactive ketones (excluding diaryl/α,β-unsaturated/α-hetero) is 1. The van der Waals surface area contributed by atoms with Crippen LogP contribution in [-0.2, 0) is 9.53 Å². The molecular formula is C16H28O2. The van der Waals surface area contributed by atoms with Crippen molar-refractivity contribution in [2.45, 2.75) is 77.2 Å². The van der Waals surface area contributed by atoms with Gasteiger partial charge < -0.3 is 4.74 Å². The molecule has 1 aliphatic heterocycles. The van der Waals surface area contributed by atoms with Gasteiger partial charge in [0.05, 0.1) is 5.60 Å². The summed E-state index contributed by atoms with van der Waals surface area (Å²) in [6.07, 6.45) is 10.8. The minimum Gasteiger partial charge on any atom is -0.375 e. The average molecular weight is 252 g/mol. The first kappa shape index (κ1) is 14.0. The third-order valence-electron chi connectivity index (χ3n) is 4.80. The van der Waals surface area contributed by atoms with Crippen molar-refractivity contribution in [1.82, 2.24) is 0 Å². The van der Waals surface area contributed by atoms with E-state index in [1.165, 1.54) is 38.5 Å². The lowest BCUT2D eigenvalue weighted by atomic mass is 9.75. The number of carbonyl (C=O) groups excluding carboxylic acids is 1. The number of hydrogen-bond acceptors (Lipinski definition) is 2. The molecule has 1 atom stereocenters. The third kappa shape index (κ3) is 3.57. The second-order valence-corrected chi connectivity index (χ2v) is 6.61. The Morgan fingerprint density at radius 3 is 2.67 bits per heavy atom. The summed E-state index contributed by atoms with van der Waals surface area (Å²) < 4.78 is 6.11. The molecule has 2 aliphatic rings. The molecule has 2 rings (SSSR count). The van der Waals surface area contributed by atoms with E-state index in [2.05, 4.69) is 0 Å². The van der Waals surface area contributed by atoms with Crippen LogP contribution in [0.15, 0.2) is 0 Å². The van der Waals surface area contributed by atoms with Gasteiger partial charge in [0, 0.05) is 18.9 Å². The second kappa shape index (κ2) is 6.18. The molecule has 0 amide bonds. The zero-order valence-electron chi connectivity index (χ0n) is 12.0. The third-order valence-corrected chi connectivity index (χ3v) is 4.80. The topological polar surface area (TPSA) is 26.3 Å². The van der Waals surface area contributed by atoms with E-state index in [9.17, 15) is 4.79 Å². The van der Waals surface area contributed by atoms with Crippen LogP contribution in [0.1, 0.15) is 71.6 Å². The van der Waals surface area contributed by atoms with E-state index in [4.69, 9.17) is 4.74 Å². The number of ether oxygens (including phenoxy) is 1. The maximum Gasteiger partial charge on any atom is 0.135 e. The van der Waals surface area contributed by atoms with Crippen LogP contribution in [0.5, 0.6) is 0 Å². The normalized spacial score (nSPS) is 27.6. The maximum atomic E-state index is 11.7. The van der Waals surface area contributed by atoms with E-state index in [1.807, 2.05) is 13.8 Å². The summed E-state index contributed by atoms with van der Waals surface area (Å²) in [6, 6.07) is 0. The van der Waals surface area contributed by atoms with Crippen molar-refractivity contribution in [3.63, 3.8) is 0 Å². The monoisotopic (exact) mass is 252 g/mol. The van der Waals surface area contributed by atoms with Gasteiger partial charge in [-0.25, -0.2) is 0 Å². The van der Waals surface area contributed by atoms with E-state index < -0.39 is 0 Å². The largest absolute Gasteiger partial charge is 0.375 e. The summed E-state index contributed by atoms with van der Waals surface area (Å²) in [7, 11) is 0. The molecule has 1 unspecified atom stereocenters. The lowest BCUT2D eigenvalue weighted by Crippen LogP contribution is -2.41. The van der Waals surface area contributed by atoms with Crippen LogP contribution < -0.4 is 0 Å². The average Bonchev–Trinajstić information content (AvgIpc) is 2.37. The number of hydrogen-bond donors (Lipinski definition) is 0. The van der Waals surface area contributed by atoms with Crippen LogP contribution in [0.2, 0.25) is 0 Å². The zero-order valence-corrected chi connectivity index (χ0v) is 12.0. The molecule has 1 heterocycles. The van der Waals surface area contributed by atoms with Crippen molar-refractivity contribution in [2.75, 3.05) is 6.61 Å². The lowest BCUT2D eigenvalue weighted by Gasteiger charge is -2.43.